The van der Waals surface area contributed by atoms with Gasteiger partial charge in [-0.15, -0.1) is 0 Å². The summed E-state index contributed by atoms with van der Waals surface area (Å²) in [7, 11) is 0. The first-order chi connectivity index (χ1) is 14.0. The van der Waals surface area contributed by atoms with Gasteiger partial charge in [0.2, 0.25) is 0 Å². The number of hydrogen-bond acceptors (Lipinski definition) is 7. The van der Waals surface area contributed by atoms with Crippen molar-refractivity contribution < 1.29 is 22.7 Å². The van der Waals surface area contributed by atoms with Gasteiger partial charge < -0.3 is 14.6 Å². The molecule has 29 heavy (non-hydrogen) atoms. The first-order valence-corrected chi connectivity index (χ1v) is 11.0. The van der Waals surface area contributed by atoms with E-state index < -0.39 is 22.3 Å². The fourth-order valence-corrected chi connectivity index (χ4v) is 4.63. The Balaban J connectivity index is 1.69. The molecule has 1 amide bonds. The summed E-state index contributed by atoms with van der Waals surface area (Å²) >= 11 is -1.67. The van der Waals surface area contributed by atoms with Crippen LogP contribution in [0.25, 0.3) is 10.9 Å². The molecule has 1 N–H and O–H groups in total. The number of fused-ring (bicyclic) bond motifs is 1. The molecule has 2 aromatic heterocycles. The number of ether oxygens (including phenoxy) is 1. The van der Waals surface area contributed by atoms with Crippen LogP contribution in [0.2, 0.25) is 0 Å². The van der Waals surface area contributed by atoms with Gasteiger partial charge in [-0.05, 0) is 48.4 Å². The fraction of sp³-hybridized carbons (Fsp3) is 0.389. The van der Waals surface area contributed by atoms with E-state index in [-0.39, 0.29) is 21.9 Å². The largest absolute Gasteiger partial charge is 0.768 e. The second-order valence-corrected chi connectivity index (χ2v) is 8.67. The van der Waals surface area contributed by atoms with E-state index in [4.69, 9.17) is 4.74 Å². The second-order valence-electron chi connectivity index (χ2n) is 6.78. The van der Waals surface area contributed by atoms with Crippen molar-refractivity contribution in [1.82, 2.24) is 14.8 Å². The number of nitrogens with zero attached hydrogens (tertiary/aromatic N) is 3. The minimum atomic E-state index is -2.42. The first-order valence-electron chi connectivity index (χ1n) is 9.08. The highest BCUT2D eigenvalue weighted by molar-refractivity contribution is 7.79. The minimum absolute atomic E-state index is 0.126. The predicted octanol–water partition coefficient (Wildman–Crippen LogP) is 2.87. The van der Waals surface area contributed by atoms with Crippen LogP contribution in [0.5, 0.6) is 0 Å². The second kappa shape index (κ2) is 8.66. The summed E-state index contributed by atoms with van der Waals surface area (Å²) in [5.74, 6) is -0.118. The van der Waals surface area contributed by atoms with Crippen LogP contribution in [-0.4, -0.2) is 42.6 Å². The molecule has 0 saturated carbocycles. The Bertz CT molecular complexity index is 1050. The zero-order valence-corrected chi connectivity index (χ0v) is 16.9. The molecule has 1 aromatic carbocycles. The summed E-state index contributed by atoms with van der Waals surface area (Å²) in [6, 6.07) is 4.14. The lowest BCUT2D eigenvalue weighted by Gasteiger charge is -2.26. The summed E-state index contributed by atoms with van der Waals surface area (Å²) in [4.78, 5) is 17.0. The summed E-state index contributed by atoms with van der Waals surface area (Å²) in [5.41, 5.74) is 0.546. The van der Waals surface area contributed by atoms with Crippen molar-refractivity contribution in [3.05, 3.63) is 35.7 Å². The third-order valence-electron chi connectivity index (χ3n) is 4.98. The lowest BCUT2D eigenvalue weighted by molar-refractivity contribution is -0.120. The molecule has 0 bridgehead atoms. The standard InChI is InChI=1S/C18H19FN4O4S2/c19-16-10-20-18(28-16)22-17(24)14(8-11-4-6-27-7-5-11)23-13-2-1-3-15(29(25)26)12(13)9-21-23/h1-3,9-11,14H,4-8H2,(H,25,26)(H,20,22,24)/p-1. The van der Waals surface area contributed by atoms with Crippen molar-refractivity contribution in [2.75, 3.05) is 18.5 Å². The monoisotopic (exact) mass is 437 g/mol. The Labute approximate surface area is 172 Å². The lowest BCUT2D eigenvalue weighted by atomic mass is 9.92. The van der Waals surface area contributed by atoms with E-state index in [1.807, 2.05) is 0 Å². The van der Waals surface area contributed by atoms with Crippen molar-refractivity contribution >= 4 is 44.4 Å². The molecular weight excluding hydrogens is 419 g/mol. The van der Waals surface area contributed by atoms with Crippen molar-refractivity contribution in [3.8, 4) is 0 Å². The maximum atomic E-state index is 13.3. The van der Waals surface area contributed by atoms with Gasteiger partial charge in [0.15, 0.2) is 10.3 Å². The van der Waals surface area contributed by atoms with Crippen LogP contribution in [-0.2, 0) is 20.6 Å². The summed E-state index contributed by atoms with van der Waals surface area (Å²) in [6.45, 7) is 1.27. The third kappa shape index (κ3) is 4.37. The zero-order valence-electron chi connectivity index (χ0n) is 15.2. The van der Waals surface area contributed by atoms with Gasteiger partial charge in [-0.25, -0.2) is 4.98 Å². The van der Waals surface area contributed by atoms with Gasteiger partial charge in [-0.2, -0.15) is 9.49 Å². The van der Waals surface area contributed by atoms with Gasteiger partial charge in [0.1, 0.15) is 6.04 Å². The van der Waals surface area contributed by atoms with Crippen molar-refractivity contribution in [3.63, 3.8) is 0 Å². The van der Waals surface area contributed by atoms with Crippen molar-refractivity contribution in [2.24, 2.45) is 5.92 Å². The van der Waals surface area contributed by atoms with Gasteiger partial charge in [-0.3, -0.25) is 13.7 Å². The number of hydrogen-bond donors (Lipinski definition) is 1. The summed E-state index contributed by atoms with van der Waals surface area (Å²) < 4.78 is 43.2. The van der Waals surface area contributed by atoms with E-state index in [0.717, 1.165) is 30.4 Å². The molecule has 154 valence electrons. The predicted molar refractivity (Wildman–Crippen MR) is 105 cm³/mol. The third-order valence-corrected chi connectivity index (χ3v) is 6.40. The minimum Gasteiger partial charge on any atom is -0.768 e. The average Bonchev–Trinajstić information content (AvgIpc) is 3.32. The van der Waals surface area contributed by atoms with Gasteiger partial charge in [0.25, 0.3) is 5.91 Å². The Morgan fingerprint density at radius 2 is 2.21 bits per heavy atom. The Kier molecular flexibility index (Phi) is 5.99. The molecule has 2 atom stereocenters. The highest BCUT2D eigenvalue weighted by atomic mass is 32.2. The normalized spacial score (nSPS) is 17.3. The maximum Gasteiger partial charge on any atom is 0.251 e. The van der Waals surface area contributed by atoms with E-state index in [1.165, 1.54) is 12.3 Å². The summed E-state index contributed by atoms with van der Waals surface area (Å²) in [5, 5.41) is 7.12. The molecule has 8 nitrogen and oxygen atoms in total. The molecule has 4 rings (SSSR count). The number of amides is 1. The quantitative estimate of drug-likeness (QED) is 0.594. The molecule has 1 aliphatic rings. The maximum absolute atomic E-state index is 13.3. The number of carbonyl (C=O) groups excluding carboxylic acids is 1. The van der Waals surface area contributed by atoms with E-state index in [9.17, 15) is 17.9 Å². The Morgan fingerprint density at radius 3 is 2.90 bits per heavy atom. The molecule has 0 aliphatic carbocycles. The van der Waals surface area contributed by atoms with Crippen molar-refractivity contribution in [2.45, 2.75) is 30.2 Å². The number of thiazole rings is 1. The van der Waals surface area contributed by atoms with Crippen LogP contribution in [0.15, 0.2) is 35.5 Å². The number of rotatable bonds is 6. The van der Waals surface area contributed by atoms with Crippen molar-refractivity contribution in [1.29, 1.82) is 0 Å². The van der Waals surface area contributed by atoms with Crippen LogP contribution < -0.4 is 5.32 Å². The van der Waals surface area contributed by atoms with E-state index in [2.05, 4.69) is 15.4 Å². The highest BCUT2D eigenvalue weighted by Gasteiger charge is 2.29. The van der Waals surface area contributed by atoms with Gasteiger partial charge in [0.05, 0.1) is 17.9 Å². The molecule has 2 unspecified atom stereocenters. The number of nitrogens with one attached hydrogen (secondary N) is 1. The van der Waals surface area contributed by atoms with E-state index >= 15 is 0 Å². The van der Waals surface area contributed by atoms with Gasteiger partial charge in [-0.1, -0.05) is 17.4 Å². The molecule has 11 heteroatoms. The molecule has 1 aliphatic heterocycles. The Morgan fingerprint density at radius 1 is 1.41 bits per heavy atom. The van der Waals surface area contributed by atoms with Crippen LogP contribution in [0, 0.1) is 11.0 Å². The molecule has 1 saturated heterocycles. The highest BCUT2D eigenvalue weighted by Crippen LogP contribution is 2.31. The van der Waals surface area contributed by atoms with Crippen LogP contribution in [0.4, 0.5) is 9.52 Å². The number of aromatic nitrogens is 3. The molecule has 3 heterocycles. The number of carbonyl (C=O) groups is 1. The SMILES string of the molecule is O=C(Nc1ncc(F)s1)C(CC1CCOCC1)n1ncc2c(S(=O)[O-])cccc21. The number of anilines is 1. The van der Waals surface area contributed by atoms with Gasteiger partial charge in [0, 0.05) is 23.5 Å². The van der Waals surface area contributed by atoms with E-state index in [0.29, 0.717) is 30.5 Å². The summed E-state index contributed by atoms with van der Waals surface area (Å²) in [6.07, 6.45) is 4.65. The zero-order chi connectivity index (χ0) is 20.4. The lowest BCUT2D eigenvalue weighted by Crippen LogP contribution is -2.30. The van der Waals surface area contributed by atoms with Crippen LogP contribution in [0.3, 0.4) is 0 Å². The molecule has 1 fully saturated rings. The van der Waals surface area contributed by atoms with Gasteiger partial charge >= 0.3 is 0 Å². The smallest absolute Gasteiger partial charge is 0.251 e. The molecule has 0 spiro atoms. The average molecular weight is 437 g/mol. The fourth-order valence-electron chi connectivity index (χ4n) is 3.55. The molecule has 0 radical (unpaired) electrons. The van der Waals surface area contributed by atoms with Crippen LogP contribution >= 0.6 is 11.3 Å². The van der Waals surface area contributed by atoms with Crippen LogP contribution in [0.1, 0.15) is 25.3 Å². The van der Waals surface area contributed by atoms with E-state index in [1.54, 1.807) is 16.8 Å². The topological polar surface area (TPSA) is 109 Å². The molecule has 3 aromatic rings. The molecular formula is C18H18FN4O4S2-. The number of benzene rings is 1. The first kappa shape index (κ1) is 20.1. The number of halogens is 1. The Hall–Kier alpha value is -2.21.